The zero-order chi connectivity index (χ0) is 15.4. The summed E-state index contributed by atoms with van der Waals surface area (Å²) in [6, 6.07) is 5.38. The first kappa shape index (κ1) is 15.4. The van der Waals surface area contributed by atoms with Gasteiger partial charge < -0.3 is 15.1 Å². The van der Waals surface area contributed by atoms with E-state index < -0.39 is 0 Å². The molecular weight excluding hydrogens is 271 g/mol. The Morgan fingerprint density at radius 1 is 1.24 bits per heavy atom. The number of rotatable bonds is 6. The summed E-state index contributed by atoms with van der Waals surface area (Å²) in [5.41, 5.74) is 1.46. The lowest BCUT2D eigenvalue weighted by Crippen LogP contribution is -2.17. The zero-order valence-corrected chi connectivity index (χ0v) is 12.8. The summed E-state index contributed by atoms with van der Waals surface area (Å²) < 4.78 is 19.1. The highest BCUT2D eigenvalue weighted by Crippen LogP contribution is 2.21. The number of benzene rings is 1. The highest BCUT2D eigenvalue weighted by Gasteiger charge is 2.15. The number of halogens is 1. The molecule has 2 N–H and O–H groups in total. The van der Waals surface area contributed by atoms with Crippen molar-refractivity contribution in [2.45, 2.75) is 39.8 Å². The molecule has 2 aromatic rings. The molecule has 2 unspecified atom stereocenters. The summed E-state index contributed by atoms with van der Waals surface area (Å²) in [6.07, 6.45) is 0. The minimum atomic E-state index is -0.215. The van der Waals surface area contributed by atoms with Gasteiger partial charge in [0.1, 0.15) is 5.82 Å². The summed E-state index contributed by atoms with van der Waals surface area (Å²) in [6.45, 7) is 8.45. The van der Waals surface area contributed by atoms with Gasteiger partial charge in [-0.25, -0.2) is 4.39 Å². The van der Waals surface area contributed by atoms with Crippen molar-refractivity contribution in [1.82, 2.24) is 15.5 Å². The fraction of sp³-hybridized carbons (Fsp3) is 0.467. The van der Waals surface area contributed by atoms with E-state index in [2.05, 4.69) is 20.8 Å². The molecule has 0 spiro atoms. The smallest absolute Gasteiger partial charge is 0.315 e. The maximum Gasteiger partial charge on any atom is 0.315 e. The summed E-state index contributed by atoms with van der Waals surface area (Å²) in [5, 5.41) is 14.2. The van der Waals surface area contributed by atoms with Crippen LogP contribution in [-0.4, -0.2) is 16.7 Å². The van der Waals surface area contributed by atoms with Gasteiger partial charge in [0.15, 0.2) is 0 Å². The standard InChI is InChI=1S/C15H21FN4O/c1-5-17-11(4)14-19-20-15(21-14)18-10(3)12-7-6-9(2)13(16)8-12/h6-8,10-11,17H,5H2,1-4H3,(H,18,20). The molecule has 21 heavy (non-hydrogen) atoms. The summed E-state index contributed by atoms with van der Waals surface area (Å²) in [7, 11) is 0. The molecule has 1 aromatic carbocycles. The number of hydrogen-bond acceptors (Lipinski definition) is 5. The molecule has 5 nitrogen and oxygen atoms in total. The van der Waals surface area contributed by atoms with Crippen molar-refractivity contribution in [1.29, 1.82) is 0 Å². The molecule has 114 valence electrons. The number of aryl methyl sites for hydroxylation is 1. The van der Waals surface area contributed by atoms with Gasteiger partial charge in [-0.15, -0.1) is 5.10 Å². The molecule has 0 bridgehead atoms. The Hall–Kier alpha value is -1.95. The summed E-state index contributed by atoms with van der Waals surface area (Å²) in [5.74, 6) is 0.315. The lowest BCUT2D eigenvalue weighted by atomic mass is 10.1. The lowest BCUT2D eigenvalue weighted by molar-refractivity contribution is 0.427. The van der Waals surface area contributed by atoms with E-state index in [0.717, 1.165) is 12.1 Å². The van der Waals surface area contributed by atoms with Crippen molar-refractivity contribution in [3.8, 4) is 0 Å². The van der Waals surface area contributed by atoms with Crippen molar-refractivity contribution in [3.05, 3.63) is 41.0 Å². The van der Waals surface area contributed by atoms with E-state index >= 15 is 0 Å². The molecule has 0 fully saturated rings. The maximum absolute atomic E-state index is 13.6. The van der Waals surface area contributed by atoms with E-state index in [4.69, 9.17) is 4.42 Å². The molecular formula is C15H21FN4O. The Balaban J connectivity index is 2.05. The van der Waals surface area contributed by atoms with Crippen molar-refractivity contribution < 1.29 is 8.81 Å². The van der Waals surface area contributed by atoms with Crippen LogP contribution in [0.4, 0.5) is 10.4 Å². The SMILES string of the molecule is CCNC(C)c1nnc(NC(C)c2ccc(C)c(F)c2)o1. The van der Waals surface area contributed by atoms with Gasteiger partial charge in [-0.3, -0.25) is 0 Å². The van der Waals surface area contributed by atoms with Crippen LogP contribution >= 0.6 is 0 Å². The van der Waals surface area contributed by atoms with Crippen LogP contribution in [0.15, 0.2) is 22.6 Å². The molecule has 1 aromatic heterocycles. The Morgan fingerprint density at radius 3 is 2.67 bits per heavy atom. The number of aromatic nitrogens is 2. The monoisotopic (exact) mass is 292 g/mol. The van der Waals surface area contributed by atoms with Crippen LogP contribution in [0.3, 0.4) is 0 Å². The summed E-state index contributed by atoms with van der Waals surface area (Å²) in [4.78, 5) is 0. The van der Waals surface area contributed by atoms with E-state index in [1.165, 1.54) is 6.07 Å². The third-order valence-corrected chi connectivity index (χ3v) is 3.36. The highest BCUT2D eigenvalue weighted by atomic mass is 19.1. The fourth-order valence-corrected chi connectivity index (χ4v) is 2.01. The first-order chi connectivity index (χ1) is 10.0. The van der Waals surface area contributed by atoms with Gasteiger partial charge in [-0.2, -0.15) is 0 Å². The van der Waals surface area contributed by atoms with Gasteiger partial charge in [0.25, 0.3) is 0 Å². The molecule has 0 saturated heterocycles. The number of nitrogens with one attached hydrogen (secondary N) is 2. The maximum atomic E-state index is 13.6. The Bertz CT molecular complexity index is 599. The average molecular weight is 292 g/mol. The van der Waals surface area contributed by atoms with Crippen LogP contribution in [0.5, 0.6) is 0 Å². The van der Waals surface area contributed by atoms with E-state index in [-0.39, 0.29) is 17.9 Å². The van der Waals surface area contributed by atoms with Crippen molar-refractivity contribution in [3.63, 3.8) is 0 Å². The van der Waals surface area contributed by atoms with Gasteiger partial charge in [-0.1, -0.05) is 24.2 Å². The Morgan fingerprint density at radius 2 is 2.00 bits per heavy atom. The van der Waals surface area contributed by atoms with Crippen LogP contribution in [0, 0.1) is 12.7 Å². The predicted octanol–water partition coefficient (Wildman–Crippen LogP) is 3.36. The van der Waals surface area contributed by atoms with Gasteiger partial charge in [-0.05, 0) is 44.5 Å². The first-order valence-electron chi connectivity index (χ1n) is 7.10. The molecule has 6 heteroatoms. The van der Waals surface area contributed by atoms with Gasteiger partial charge in [0.05, 0.1) is 12.1 Å². The lowest BCUT2D eigenvalue weighted by Gasteiger charge is -2.13. The molecule has 0 saturated carbocycles. The molecule has 0 aliphatic heterocycles. The predicted molar refractivity (Wildman–Crippen MR) is 79.6 cm³/mol. The molecule has 0 amide bonds. The zero-order valence-electron chi connectivity index (χ0n) is 12.8. The van der Waals surface area contributed by atoms with E-state index in [1.54, 1.807) is 13.0 Å². The van der Waals surface area contributed by atoms with Crippen LogP contribution < -0.4 is 10.6 Å². The van der Waals surface area contributed by atoms with Crippen LogP contribution in [-0.2, 0) is 0 Å². The van der Waals surface area contributed by atoms with Crippen molar-refractivity contribution in [2.75, 3.05) is 11.9 Å². The Labute approximate surface area is 124 Å². The largest absolute Gasteiger partial charge is 0.406 e. The third-order valence-electron chi connectivity index (χ3n) is 3.36. The average Bonchev–Trinajstić information content (AvgIpc) is 2.90. The van der Waals surface area contributed by atoms with Gasteiger partial charge in [0, 0.05) is 0 Å². The number of hydrogen-bond donors (Lipinski definition) is 2. The molecule has 1 heterocycles. The normalized spacial score (nSPS) is 14.0. The van der Waals surface area contributed by atoms with E-state index in [9.17, 15) is 4.39 Å². The van der Waals surface area contributed by atoms with E-state index in [1.807, 2.05) is 26.8 Å². The van der Waals surface area contributed by atoms with Gasteiger partial charge >= 0.3 is 6.01 Å². The second-order valence-electron chi connectivity index (χ2n) is 5.10. The molecule has 2 atom stereocenters. The van der Waals surface area contributed by atoms with E-state index in [0.29, 0.717) is 17.5 Å². The minimum absolute atomic E-state index is 0.00479. The molecule has 0 aliphatic carbocycles. The number of anilines is 1. The highest BCUT2D eigenvalue weighted by molar-refractivity contribution is 5.31. The quantitative estimate of drug-likeness (QED) is 0.854. The second-order valence-corrected chi connectivity index (χ2v) is 5.10. The Kier molecular flexibility index (Phi) is 4.90. The van der Waals surface area contributed by atoms with Crippen LogP contribution in [0.2, 0.25) is 0 Å². The minimum Gasteiger partial charge on any atom is -0.406 e. The molecule has 2 rings (SSSR count). The summed E-state index contributed by atoms with van der Waals surface area (Å²) >= 11 is 0. The first-order valence-corrected chi connectivity index (χ1v) is 7.10. The van der Waals surface area contributed by atoms with Crippen LogP contribution in [0.1, 0.15) is 49.9 Å². The third kappa shape index (κ3) is 3.78. The van der Waals surface area contributed by atoms with Gasteiger partial charge in [0.2, 0.25) is 5.89 Å². The van der Waals surface area contributed by atoms with Crippen molar-refractivity contribution >= 4 is 6.01 Å². The fourth-order valence-electron chi connectivity index (χ4n) is 2.01. The van der Waals surface area contributed by atoms with Crippen molar-refractivity contribution in [2.24, 2.45) is 0 Å². The molecule has 0 aliphatic rings. The topological polar surface area (TPSA) is 63.0 Å². The molecule has 0 radical (unpaired) electrons. The number of nitrogens with zero attached hydrogens (tertiary/aromatic N) is 2. The van der Waals surface area contributed by atoms with Crippen LogP contribution in [0.25, 0.3) is 0 Å². The second kappa shape index (κ2) is 6.67.